The quantitative estimate of drug-likeness (QED) is 0.141. The number of nitrogens with one attached hydrogen (secondary N) is 1. The van der Waals surface area contributed by atoms with Gasteiger partial charge in [0, 0.05) is 34.6 Å². The lowest BCUT2D eigenvalue weighted by Crippen LogP contribution is -2.33. The van der Waals surface area contributed by atoms with Crippen molar-refractivity contribution in [3.63, 3.8) is 0 Å². The summed E-state index contributed by atoms with van der Waals surface area (Å²) in [7, 11) is 0. The maximum Gasteiger partial charge on any atom is 0.269 e. The van der Waals surface area contributed by atoms with E-state index in [9.17, 15) is 19.7 Å². The number of anilines is 2. The predicted octanol–water partition coefficient (Wildman–Crippen LogP) is 6.73. The topological polar surface area (TPSA) is 115 Å². The number of nitrogens with two attached hydrogens (primary N) is 1. The number of nitrogen functional groups attached to an aromatic ring is 1. The summed E-state index contributed by atoms with van der Waals surface area (Å²) in [6.07, 6.45) is 2.06. The number of non-ortho nitro benzene ring substituents is 1. The van der Waals surface area contributed by atoms with Crippen molar-refractivity contribution in [1.82, 2.24) is 0 Å². The van der Waals surface area contributed by atoms with Crippen molar-refractivity contribution in [2.45, 2.75) is 5.41 Å². The molecule has 0 fully saturated rings. The minimum absolute atomic E-state index is 0.0400. The van der Waals surface area contributed by atoms with Gasteiger partial charge in [-0.1, -0.05) is 78.9 Å². The van der Waals surface area contributed by atoms with Gasteiger partial charge in [-0.25, -0.2) is 0 Å². The lowest BCUT2D eigenvalue weighted by molar-refractivity contribution is -0.384. The molecule has 5 aromatic rings. The van der Waals surface area contributed by atoms with Gasteiger partial charge in [0.25, 0.3) is 5.69 Å². The summed E-state index contributed by atoms with van der Waals surface area (Å²) >= 11 is 0. The first-order chi connectivity index (χ1) is 20.4. The molecule has 0 radical (unpaired) electrons. The van der Waals surface area contributed by atoms with Crippen molar-refractivity contribution in [3.8, 4) is 11.1 Å². The largest absolute Gasteiger partial charge is 0.398 e. The normalized spacial score (nSPS) is 17.4. The number of carbonyl (C=O) groups excluding carboxylic acids is 2. The summed E-state index contributed by atoms with van der Waals surface area (Å²) in [6, 6.07) is 31.0. The molecule has 1 atom stereocenters. The molecule has 7 nitrogen and oxygen atoms in total. The summed E-state index contributed by atoms with van der Waals surface area (Å²) in [5.41, 5.74) is 12.9. The molecule has 42 heavy (non-hydrogen) atoms. The fraction of sp³-hybridized carbons (Fsp3) is 0.0286. The van der Waals surface area contributed by atoms with Crippen molar-refractivity contribution < 1.29 is 14.5 Å². The van der Waals surface area contributed by atoms with Crippen molar-refractivity contribution in [2.75, 3.05) is 11.1 Å². The number of allylic oxidation sites excluding steroid dienone is 1. The molecule has 1 aliphatic heterocycles. The first-order valence-corrected chi connectivity index (χ1v) is 13.5. The predicted molar refractivity (Wildman–Crippen MR) is 161 cm³/mol. The van der Waals surface area contributed by atoms with Crippen LogP contribution in [-0.4, -0.2) is 16.5 Å². The minimum Gasteiger partial charge on any atom is -0.398 e. The van der Waals surface area contributed by atoms with Gasteiger partial charge < -0.3 is 11.1 Å². The van der Waals surface area contributed by atoms with Gasteiger partial charge in [0.05, 0.1) is 27.2 Å². The second-order valence-electron chi connectivity index (χ2n) is 10.7. The molecule has 0 saturated heterocycles. The van der Waals surface area contributed by atoms with Crippen LogP contribution in [0.3, 0.4) is 0 Å². The number of nitrogens with zero attached hydrogens (tertiary/aromatic N) is 1. The molecular formula is C35H21N3O4. The van der Waals surface area contributed by atoms with Gasteiger partial charge in [0.2, 0.25) is 0 Å². The van der Waals surface area contributed by atoms with Crippen LogP contribution in [0.2, 0.25) is 0 Å². The zero-order valence-corrected chi connectivity index (χ0v) is 22.0. The summed E-state index contributed by atoms with van der Waals surface area (Å²) in [4.78, 5) is 39.6. The molecule has 0 aromatic heterocycles. The Balaban J connectivity index is 1.53. The minimum atomic E-state index is -1.03. The van der Waals surface area contributed by atoms with Crippen molar-refractivity contribution >= 4 is 34.3 Å². The molecule has 0 unspecified atom stereocenters. The van der Waals surface area contributed by atoms with E-state index in [-0.39, 0.29) is 34.1 Å². The van der Waals surface area contributed by atoms with E-state index in [1.807, 2.05) is 54.6 Å². The molecule has 1 heterocycles. The maximum absolute atomic E-state index is 14.2. The highest BCUT2D eigenvalue weighted by molar-refractivity contribution is 6.32. The number of carbonyl (C=O) groups is 2. The van der Waals surface area contributed by atoms with Gasteiger partial charge in [-0.2, -0.15) is 0 Å². The number of hydrogen-bond acceptors (Lipinski definition) is 6. The zero-order chi connectivity index (χ0) is 28.7. The summed E-state index contributed by atoms with van der Waals surface area (Å²) in [6.45, 7) is 0. The van der Waals surface area contributed by atoms with E-state index in [2.05, 4.69) is 11.4 Å². The van der Waals surface area contributed by atoms with Crippen LogP contribution in [-0.2, 0) is 5.41 Å². The van der Waals surface area contributed by atoms with Crippen LogP contribution in [0.5, 0.6) is 0 Å². The van der Waals surface area contributed by atoms with E-state index >= 15 is 0 Å². The molecule has 2 aliphatic carbocycles. The van der Waals surface area contributed by atoms with Gasteiger partial charge in [0.15, 0.2) is 11.6 Å². The number of rotatable bonds is 2. The Morgan fingerprint density at radius 3 is 2.00 bits per heavy atom. The summed E-state index contributed by atoms with van der Waals surface area (Å²) in [5, 5.41) is 15.5. The van der Waals surface area contributed by atoms with Crippen LogP contribution < -0.4 is 11.1 Å². The fourth-order valence-electron chi connectivity index (χ4n) is 6.86. The number of hydrogen-bond donors (Lipinski definition) is 2. The van der Waals surface area contributed by atoms with Crippen LogP contribution in [0, 0.1) is 10.1 Å². The van der Waals surface area contributed by atoms with Gasteiger partial charge in [0.1, 0.15) is 0 Å². The number of nitro benzene ring substituents is 1. The van der Waals surface area contributed by atoms with Crippen molar-refractivity contribution in [2.24, 2.45) is 0 Å². The highest BCUT2D eigenvalue weighted by atomic mass is 16.6. The Bertz CT molecular complexity index is 2100. The third kappa shape index (κ3) is 2.99. The first-order valence-electron chi connectivity index (χ1n) is 13.5. The van der Waals surface area contributed by atoms with E-state index in [1.165, 1.54) is 6.07 Å². The van der Waals surface area contributed by atoms with Crippen LogP contribution in [0.15, 0.2) is 109 Å². The van der Waals surface area contributed by atoms with Crippen LogP contribution in [0.4, 0.5) is 17.1 Å². The lowest BCUT2D eigenvalue weighted by atomic mass is 9.67. The SMILES string of the molecule is Nc1cc2c(c3c1C(=O)c1ccccc1C3=O)NC(c1ccccc1)=C[C@@]21c2ccccc2-c2ccc([N+](=O)[O-])cc21. The maximum atomic E-state index is 14.2. The molecule has 3 aliphatic rings. The number of benzene rings is 5. The second-order valence-corrected chi connectivity index (χ2v) is 10.7. The lowest BCUT2D eigenvalue weighted by Gasteiger charge is -2.39. The van der Waals surface area contributed by atoms with E-state index in [4.69, 9.17) is 5.73 Å². The fourth-order valence-corrected chi connectivity index (χ4v) is 6.86. The Morgan fingerprint density at radius 2 is 1.29 bits per heavy atom. The molecule has 3 N–H and O–H groups in total. The molecule has 0 bridgehead atoms. The van der Waals surface area contributed by atoms with E-state index in [0.29, 0.717) is 33.6 Å². The molecule has 200 valence electrons. The van der Waals surface area contributed by atoms with Gasteiger partial charge in [-0.3, -0.25) is 19.7 Å². The average Bonchev–Trinajstić information content (AvgIpc) is 3.29. The first kappa shape index (κ1) is 24.0. The number of nitro groups is 1. The third-order valence-electron chi connectivity index (χ3n) is 8.64. The van der Waals surface area contributed by atoms with E-state index in [1.54, 1.807) is 42.5 Å². The Hall–Kier alpha value is -5.82. The molecule has 5 aromatic carbocycles. The standard InChI is InChI=1S/C35H21N3O4/c36-28-17-27-32(31-30(28)33(39)23-11-4-5-12-24(23)34(31)40)37-29(19-8-2-1-3-9-19)18-35(27)25-13-7-6-10-21(25)22-15-14-20(38(41)42)16-26(22)35/h1-18,37H,36H2/t35-/m0/s1. The van der Waals surface area contributed by atoms with Gasteiger partial charge in [-0.05, 0) is 51.6 Å². The molecule has 8 rings (SSSR count). The van der Waals surface area contributed by atoms with Crippen molar-refractivity contribution in [3.05, 3.63) is 164 Å². The Kier molecular flexibility index (Phi) is 4.77. The molecular weight excluding hydrogens is 526 g/mol. The van der Waals surface area contributed by atoms with Gasteiger partial charge >= 0.3 is 0 Å². The molecule has 0 amide bonds. The molecule has 7 heteroatoms. The Morgan fingerprint density at radius 1 is 0.667 bits per heavy atom. The van der Waals surface area contributed by atoms with Crippen LogP contribution >= 0.6 is 0 Å². The summed E-state index contributed by atoms with van der Waals surface area (Å²) in [5.74, 6) is -0.610. The number of fused-ring (bicyclic) bond motifs is 10. The third-order valence-corrected chi connectivity index (χ3v) is 8.64. The zero-order valence-electron chi connectivity index (χ0n) is 22.0. The van der Waals surface area contributed by atoms with Crippen molar-refractivity contribution in [1.29, 1.82) is 0 Å². The summed E-state index contributed by atoms with van der Waals surface area (Å²) < 4.78 is 0. The molecule has 1 spiro atoms. The smallest absolute Gasteiger partial charge is 0.269 e. The highest BCUT2D eigenvalue weighted by Crippen LogP contribution is 2.59. The van der Waals surface area contributed by atoms with E-state index in [0.717, 1.165) is 22.3 Å². The average molecular weight is 548 g/mol. The number of ketones is 2. The Labute approximate surface area is 240 Å². The monoisotopic (exact) mass is 547 g/mol. The van der Waals surface area contributed by atoms with Crippen LogP contribution in [0.25, 0.3) is 16.8 Å². The van der Waals surface area contributed by atoms with Crippen LogP contribution in [0.1, 0.15) is 54.1 Å². The van der Waals surface area contributed by atoms with Gasteiger partial charge in [-0.15, -0.1) is 0 Å². The second kappa shape index (κ2) is 8.34. The highest BCUT2D eigenvalue weighted by Gasteiger charge is 2.49. The molecule has 0 saturated carbocycles. The van der Waals surface area contributed by atoms with E-state index < -0.39 is 10.3 Å².